The first-order valence-electron chi connectivity index (χ1n) is 9.67. The summed E-state index contributed by atoms with van der Waals surface area (Å²) in [4.78, 5) is 19.0. The minimum atomic E-state index is -4.76. The Kier molecular flexibility index (Phi) is 7.17. The molecule has 2 aromatic carbocycles. The Hall–Kier alpha value is -3.07. The second-order valence-electron chi connectivity index (χ2n) is 6.93. The van der Waals surface area contributed by atoms with Crippen LogP contribution in [-0.2, 0) is 6.54 Å². The number of aromatic nitrogens is 1. The van der Waals surface area contributed by atoms with E-state index in [1.165, 1.54) is 12.1 Å². The molecule has 3 aromatic rings. The molecule has 2 amide bonds. The molecule has 0 saturated carbocycles. The largest absolute Gasteiger partial charge is 0.573 e. The number of hydrogen-bond acceptors (Lipinski definition) is 4. The number of carbonyl (C=O) groups is 1. The quantitative estimate of drug-likeness (QED) is 0.446. The fourth-order valence-corrected chi connectivity index (χ4v) is 3.58. The van der Waals surface area contributed by atoms with Crippen molar-refractivity contribution in [1.29, 1.82) is 0 Å². The van der Waals surface area contributed by atoms with Crippen molar-refractivity contribution in [2.24, 2.45) is 0 Å². The van der Waals surface area contributed by atoms with Crippen LogP contribution in [0.1, 0.15) is 25.8 Å². The van der Waals surface area contributed by atoms with E-state index in [1.807, 2.05) is 43.5 Å². The maximum Gasteiger partial charge on any atom is 0.573 e. The van der Waals surface area contributed by atoms with Gasteiger partial charge in [0.1, 0.15) is 10.8 Å². The molecule has 0 aliphatic carbocycles. The number of ether oxygens (including phenoxy) is 1. The molecule has 164 valence electrons. The summed E-state index contributed by atoms with van der Waals surface area (Å²) in [5.41, 5.74) is 2.32. The third-order valence-corrected chi connectivity index (χ3v) is 5.50. The molecule has 1 heterocycles. The first-order valence-corrected chi connectivity index (χ1v) is 10.6. The number of carbonyl (C=O) groups excluding carboxylic acids is 1. The molecular weight excluding hydrogens is 427 g/mol. The van der Waals surface area contributed by atoms with Gasteiger partial charge in [-0.1, -0.05) is 25.1 Å². The third-order valence-electron chi connectivity index (χ3n) is 4.68. The molecular formula is C22H22F3N3O2S. The number of nitrogens with zero attached hydrogens (tertiary/aromatic N) is 2. The lowest BCUT2D eigenvalue weighted by atomic mass is 10.1. The van der Waals surface area contributed by atoms with Crippen molar-refractivity contribution in [2.45, 2.75) is 39.2 Å². The van der Waals surface area contributed by atoms with Crippen LogP contribution in [0.4, 0.5) is 23.7 Å². The summed E-state index contributed by atoms with van der Waals surface area (Å²) in [5.74, 6) is -0.344. The van der Waals surface area contributed by atoms with Crippen LogP contribution in [0, 0.1) is 0 Å². The molecule has 0 aliphatic rings. The maximum absolute atomic E-state index is 12.9. The van der Waals surface area contributed by atoms with Crippen molar-refractivity contribution in [3.63, 3.8) is 0 Å². The molecule has 1 unspecified atom stereocenters. The summed E-state index contributed by atoms with van der Waals surface area (Å²) in [6.45, 7) is 4.32. The number of rotatable bonds is 7. The molecule has 9 heteroatoms. The van der Waals surface area contributed by atoms with Gasteiger partial charge in [-0.3, -0.25) is 0 Å². The van der Waals surface area contributed by atoms with Crippen molar-refractivity contribution < 1.29 is 22.7 Å². The molecule has 0 fully saturated rings. The van der Waals surface area contributed by atoms with E-state index in [2.05, 4.69) is 15.0 Å². The van der Waals surface area contributed by atoms with Crippen molar-refractivity contribution in [1.82, 2.24) is 9.88 Å². The van der Waals surface area contributed by atoms with Crippen LogP contribution in [-0.4, -0.2) is 28.3 Å². The highest BCUT2D eigenvalue weighted by Crippen LogP contribution is 2.25. The Morgan fingerprint density at radius 3 is 2.58 bits per heavy atom. The predicted octanol–water partition coefficient (Wildman–Crippen LogP) is 6.54. The summed E-state index contributed by atoms with van der Waals surface area (Å²) in [6.07, 6.45) is -2.26. The molecule has 0 radical (unpaired) electrons. The number of alkyl halides is 3. The van der Waals surface area contributed by atoms with Gasteiger partial charge in [-0.05, 0) is 49.2 Å². The van der Waals surface area contributed by atoms with E-state index in [1.54, 1.807) is 22.4 Å². The number of hydrogen-bond donors (Lipinski definition) is 1. The molecule has 0 bridgehead atoms. The molecule has 1 N–H and O–H groups in total. The molecule has 0 aliphatic heterocycles. The molecule has 31 heavy (non-hydrogen) atoms. The maximum atomic E-state index is 12.9. The average molecular weight is 449 g/mol. The lowest BCUT2D eigenvalue weighted by molar-refractivity contribution is -0.274. The summed E-state index contributed by atoms with van der Waals surface area (Å²) >= 11 is 1.54. The Morgan fingerprint density at radius 2 is 1.97 bits per heavy atom. The highest BCUT2D eigenvalue weighted by atomic mass is 32.1. The van der Waals surface area contributed by atoms with Gasteiger partial charge < -0.3 is 15.0 Å². The second-order valence-corrected chi connectivity index (χ2v) is 7.82. The van der Waals surface area contributed by atoms with Gasteiger partial charge in [-0.2, -0.15) is 0 Å². The Labute approximate surface area is 182 Å². The minimum absolute atomic E-state index is 0.0450. The highest BCUT2D eigenvalue weighted by Gasteiger charge is 2.31. The topological polar surface area (TPSA) is 54.5 Å². The van der Waals surface area contributed by atoms with Gasteiger partial charge in [0.05, 0.1) is 0 Å². The standard InChI is InChI=1S/C22H22F3N3O2S/c1-3-15(2)28(14-16-5-4-6-17(13-16)20-26-11-12-31-20)21(29)27-18-7-9-19(10-8-18)30-22(23,24)25/h4-13,15H,3,14H2,1-2H3,(H,27,29). The summed E-state index contributed by atoms with van der Waals surface area (Å²) in [5, 5.41) is 5.56. The molecule has 5 nitrogen and oxygen atoms in total. The first-order chi connectivity index (χ1) is 14.7. The van der Waals surface area contributed by atoms with Crippen LogP contribution < -0.4 is 10.1 Å². The Bertz CT molecular complexity index is 992. The van der Waals surface area contributed by atoms with Crippen LogP contribution in [0.15, 0.2) is 60.1 Å². The van der Waals surface area contributed by atoms with E-state index in [0.717, 1.165) is 34.7 Å². The number of halogens is 3. The second kappa shape index (κ2) is 9.82. The number of urea groups is 1. The number of benzene rings is 2. The van der Waals surface area contributed by atoms with Crippen molar-refractivity contribution in [3.05, 3.63) is 65.7 Å². The van der Waals surface area contributed by atoms with Crippen molar-refractivity contribution in [2.75, 3.05) is 5.32 Å². The lowest BCUT2D eigenvalue weighted by Gasteiger charge is -2.29. The zero-order valence-corrected chi connectivity index (χ0v) is 17.8. The summed E-state index contributed by atoms with van der Waals surface area (Å²) in [7, 11) is 0. The Morgan fingerprint density at radius 1 is 1.23 bits per heavy atom. The fourth-order valence-electron chi connectivity index (χ4n) is 2.95. The van der Waals surface area contributed by atoms with Crippen LogP contribution in [0.25, 0.3) is 10.6 Å². The highest BCUT2D eigenvalue weighted by molar-refractivity contribution is 7.13. The summed E-state index contributed by atoms with van der Waals surface area (Å²) in [6, 6.07) is 12.5. The van der Waals surface area contributed by atoms with Gasteiger partial charge in [0.2, 0.25) is 0 Å². The lowest BCUT2D eigenvalue weighted by Crippen LogP contribution is -2.40. The molecule has 3 rings (SSSR count). The number of thiazole rings is 1. The minimum Gasteiger partial charge on any atom is -0.406 e. The smallest absolute Gasteiger partial charge is 0.406 e. The molecule has 1 aromatic heterocycles. The van der Waals surface area contributed by atoms with Gasteiger partial charge in [-0.15, -0.1) is 24.5 Å². The zero-order chi connectivity index (χ0) is 22.4. The van der Waals surface area contributed by atoms with E-state index in [0.29, 0.717) is 12.2 Å². The van der Waals surface area contributed by atoms with Crippen LogP contribution in [0.5, 0.6) is 5.75 Å². The SMILES string of the molecule is CCC(C)N(Cc1cccc(-c2nccs2)c1)C(=O)Nc1ccc(OC(F)(F)F)cc1. The number of nitrogens with one attached hydrogen (secondary N) is 1. The van der Waals surface area contributed by atoms with Crippen molar-refractivity contribution >= 4 is 23.1 Å². The third kappa shape index (κ3) is 6.45. The Balaban J connectivity index is 1.72. The predicted molar refractivity (Wildman–Crippen MR) is 115 cm³/mol. The van der Waals surface area contributed by atoms with Gasteiger partial charge in [0, 0.05) is 35.4 Å². The van der Waals surface area contributed by atoms with Gasteiger partial charge in [0.15, 0.2) is 0 Å². The summed E-state index contributed by atoms with van der Waals surface area (Å²) < 4.78 is 40.8. The van der Waals surface area contributed by atoms with E-state index in [-0.39, 0.29) is 17.8 Å². The molecule has 0 spiro atoms. The first kappa shape index (κ1) is 22.6. The average Bonchev–Trinajstić information content (AvgIpc) is 3.27. The van der Waals surface area contributed by atoms with E-state index >= 15 is 0 Å². The van der Waals surface area contributed by atoms with Crippen LogP contribution >= 0.6 is 11.3 Å². The zero-order valence-electron chi connectivity index (χ0n) is 17.0. The van der Waals surface area contributed by atoms with E-state index < -0.39 is 6.36 Å². The van der Waals surface area contributed by atoms with E-state index in [9.17, 15) is 18.0 Å². The fraction of sp³-hybridized carbons (Fsp3) is 0.273. The van der Waals surface area contributed by atoms with E-state index in [4.69, 9.17) is 0 Å². The number of anilines is 1. The van der Waals surface area contributed by atoms with Gasteiger partial charge >= 0.3 is 12.4 Å². The molecule has 0 saturated heterocycles. The van der Waals surface area contributed by atoms with Crippen molar-refractivity contribution in [3.8, 4) is 16.3 Å². The van der Waals surface area contributed by atoms with Gasteiger partial charge in [-0.25, -0.2) is 9.78 Å². The van der Waals surface area contributed by atoms with Crippen LogP contribution in [0.3, 0.4) is 0 Å². The normalized spacial score (nSPS) is 12.3. The molecule has 1 atom stereocenters. The number of amides is 2. The monoisotopic (exact) mass is 449 g/mol. The van der Waals surface area contributed by atoms with Crippen LogP contribution in [0.2, 0.25) is 0 Å². The van der Waals surface area contributed by atoms with Gasteiger partial charge in [0.25, 0.3) is 0 Å².